The molecule has 2 fully saturated rings. The number of nitrogens with two attached hydrogens (primary N) is 1. The van der Waals surface area contributed by atoms with Crippen molar-refractivity contribution in [3.63, 3.8) is 0 Å². The van der Waals surface area contributed by atoms with Gasteiger partial charge in [0.15, 0.2) is 0 Å². The molecule has 0 unspecified atom stereocenters. The molecule has 0 saturated heterocycles. The van der Waals surface area contributed by atoms with Crippen LogP contribution in [-0.4, -0.2) is 24.3 Å². The topological polar surface area (TPSA) is 56.5 Å². The molecular weight excluding hydrogens is 901 g/mol. The number of rotatable bonds is 13. The number of halogens is 12. The molecule has 2 saturated carbocycles. The lowest BCUT2D eigenvalue weighted by Gasteiger charge is -2.56. The number of hydrogen-bond donors (Lipinski definition) is 2. The molecule has 0 aliphatic heterocycles. The van der Waals surface area contributed by atoms with Crippen molar-refractivity contribution in [3.8, 4) is 0 Å². The summed E-state index contributed by atoms with van der Waals surface area (Å²) in [6.07, 6.45) is -18.9. The maximum atomic E-state index is 13.3. The van der Waals surface area contributed by atoms with E-state index in [1.165, 1.54) is 13.8 Å². The molecule has 5 aromatic carbocycles. The summed E-state index contributed by atoms with van der Waals surface area (Å²) in [5, 5.41) is 3.60. The van der Waals surface area contributed by atoms with E-state index >= 15 is 0 Å². The standard InChI is InChI=1S/C29H29F6NO.C22H23F6NO/c1-20(22-13-24(28(30,31)32)15-25(14-22)29(33,34)35)37-19-27(23-11-7-4-8-12-23)17-26(2,18-27)36-16-21-9-5-3-6-10-21;1-14(15-8-17(21(23,24)25)10-18(9-15)22(26,27)28)30-13-20(11-19(2,29)12-20)16-6-4-3-5-7-16/h3-15,20,36H,16-19H2,1-2H3;3-10,14H,11-13,29H2,1-2H3/t20-,26?,27?;14-,19?,20?/m11/s1. The van der Waals surface area contributed by atoms with Gasteiger partial charge in [-0.25, -0.2) is 0 Å². The lowest BCUT2D eigenvalue weighted by molar-refractivity contribution is -0.145. The van der Waals surface area contributed by atoms with Crippen LogP contribution in [0, 0.1) is 0 Å². The first-order chi connectivity index (χ1) is 31.0. The Labute approximate surface area is 381 Å². The molecule has 0 spiro atoms. The van der Waals surface area contributed by atoms with Gasteiger partial charge in [0.2, 0.25) is 0 Å². The minimum atomic E-state index is -4.90. The first-order valence-electron chi connectivity index (χ1n) is 21.5. The average molecular weight is 953 g/mol. The Morgan fingerprint density at radius 3 is 1.12 bits per heavy atom. The Bertz CT molecular complexity index is 2340. The van der Waals surface area contributed by atoms with E-state index in [4.69, 9.17) is 15.2 Å². The third-order valence-corrected chi connectivity index (χ3v) is 12.7. The smallest absolute Gasteiger partial charge is 0.373 e. The van der Waals surface area contributed by atoms with Crippen molar-refractivity contribution in [2.75, 3.05) is 13.2 Å². The lowest BCUT2D eigenvalue weighted by Crippen LogP contribution is -2.62. The maximum Gasteiger partial charge on any atom is 0.416 e. The maximum absolute atomic E-state index is 13.3. The number of alkyl halides is 12. The predicted octanol–water partition coefficient (Wildman–Crippen LogP) is 14.3. The SMILES string of the molecule is C[C@@H](OCC1(c2ccccc2)CC(C)(N)C1)c1cc(C(F)(F)F)cc(C(F)(F)F)c1.C[C@@H](OCC1(c2ccccc2)CC(C)(NCc2ccccc2)C1)c1cc(C(F)(F)F)cc(C(F)(F)F)c1. The van der Waals surface area contributed by atoms with E-state index < -0.39 is 75.5 Å². The van der Waals surface area contributed by atoms with E-state index in [1.54, 1.807) is 0 Å². The zero-order chi connectivity index (χ0) is 49.3. The minimum Gasteiger partial charge on any atom is -0.373 e. The lowest BCUT2D eigenvalue weighted by atomic mass is 9.55. The third-order valence-electron chi connectivity index (χ3n) is 12.7. The van der Waals surface area contributed by atoms with Gasteiger partial charge in [-0.1, -0.05) is 91.0 Å². The van der Waals surface area contributed by atoms with Crippen LogP contribution in [0.2, 0.25) is 0 Å². The summed E-state index contributed by atoms with van der Waals surface area (Å²) in [6, 6.07) is 32.3. The Hall–Kier alpha value is -4.90. The largest absolute Gasteiger partial charge is 0.416 e. The number of hydrogen-bond acceptors (Lipinski definition) is 4. The molecule has 0 bridgehead atoms. The van der Waals surface area contributed by atoms with Gasteiger partial charge in [-0.05, 0) is 118 Å². The summed E-state index contributed by atoms with van der Waals surface area (Å²) >= 11 is 0. The van der Waals surface area contributed by atoms with E-state index in [0.29, 0.717) is 44.4 Å². The highest BCUT2D eigenvalue weighted by Gasteiger charge is 2.53. The number of ether oxygens (including phenoxy) is 2. The second kappa shape index (κ2) is 19.2. The summed E-state index contributed by atoms with van der Waals surface area (Å²) in [7, 11) is 0. The van der Waals surface area contributed by atoms with Crippen LogP contribution in [0.3, 0.4) is 0 Å². The molecular formula is C51H52F12N2O2. The highest BCUT2D eigenvalue weighted by molar-refractivity contribution is 5.38. The van der Waals surface area contributed by atoms with E-state index in [9.17, 15) is 52.7 Å². The fourth-order valence-electron chi connectivity index (χ4n) is 9.52. The van der Waals surface area contributed by atoms with Crippen molar-refractivity contribution >= 4 is 0 Å². The summed E-state index contributed by atoms with van der Waals surface area (Å²) in [4.78, 5) is 0. The summed E-state index contributed by atoms with van der Waals surface area (Å²) in [6.45, 7) is 7.95. The molecule has 0 amide bonds. The van der Waals surface area contributed by atoms with Crippen molar-refractivity contribution in [2.24, 2.45) is 5.73 Å². The van der Waals surface area contributed by atoms with Crippen LogP contribution in [0.25, 0.3) is 0 Å². The Kier molecular flexibility index (Phi) is 14.8. The first-order valence-corrected chi connectivity index (χ1v) is 21.5. The summed E-state index contributed by atoms with van der Waals surface area (Å²) in [5.74, 6) is 0. The summed E-state index contributed by atoms with van der Waals surface area (Å²) < 4.78 is 171. The third kappa shape index (κ3) is 12.8. The Balaban J connectivity index is 0.000000226. The highest BCUT2D eigenvalue weighted by atomic mass is 19.4. The van der Waals surface area contributed by atoms with Gasteiger partial charge >= 0.3 is 24.7 Å². The van der Waals surface area contributed by atoms with Crippen LogP contribution in [0.15, 0.2) is 127 Å². The molecule has 362 valence electrons. The van der Waals surface area contributed by atoms with Gasteiger partial charge in [0, 0.05) is 28.5 Å². The van der Waals surface area contributed by atoms with Crippen LogP contribution in [-0.2, 0) is 51.6 Å². The second-order valence-corrected chi connectivity index (χ2v) is 18.6. The van der Waals surface area contributed by atoms with Crippen LogP contribution < -0.4 is 11.1 Å². The molecule has 16 heteroatoms. The first kappa shape index (κ1) is 51.5. The zero-order valence-corrected chi connectivity index (χ0v) is 37.2. The Morgan fingerprint density at radius 2 is 0.806 bits per heavy atom. The van der Waals surface area contributed by atoms with Crippen molar-refractivity contribution in [3.05, 3.63) is 177 Å². The number of nitrogens with one attached hydrogen (secondary N) is 1. The van der Waals surface area contributed by atoms with Crippen molar-refractivity contribution in [2.45, 2.75) is 119 Å². The molecule has 5 aromatic rings. The van der Waals surface area contributed by atoms with E-state index in [0.717, 1.165) is 28.8 Å². The van der Waals surface area contributed by atoms with Gasteiger partial charge in [-0.3, -0.25) is 0 Å². The van der Waals surface area contributed by atoms with Crippen LogP contribution in [0.5, 0.6) is 0 Å². The monoisotopic (exact) mass is 952 g/mol. The Morgan fingerprint density at radius 1 is 0.493 bits per heavy atom. The molecule has 7 rings (SSSR count). The molecule has 4 nitrogen and oxygen atoms in total. The molecule has 2 aliphatic carbocycles. The van der Waals surface area contributed by atoms with E-state index in [2.05, 4.69) is 12.2 Å². The van der Waals surface area contributed by atoms with Crippen molar-refractivity contribution in [1.29, 1.82) is 0 Å². The predicted molar refractivity (Wildman–Crippen MR) is 231 cm³/mol. The highest BCUT2D eigenvalue weighted by Crippen LogP contribution is 2.52. The molecule has 0 aromatic heterocycles. The number of benzene rings is 5. The molecule has 0 heterocycles. The second-order valence-electron chi connectivity index (χ2n) is 18.6. The fraction of sp³-hybridized carbons (Fsp3) is 0.412. The van der Waals surface area contributed by atoms with E-state index in [1.807, 2.05) is 97.9 Å². The quantitative estimate of drug-likeness (QED) is 0.115. The fourth-order valence-corrected chi connectivity index (χ4v) is 9.52. The summed E-state index contributed by atoms with van der Waals surface area (Å²) in [5.41, 5.74) is 2.20. The zero-order valence-electron chi connectivity index (χ0n) is 37.2. The van der Waals surface area contributed by atoms with Crippen LogP contribution in [0.4, 0.5) is 52.7 Å². The molecule has 67 heavy (non-hydrogen) atoms. The molecule has 2 atom stereocenters. The minimum absolute atomic E-state index is 0.119. The normalized spacial score (nSPS) is 24.1. The average Bonchev–Trinajstić information content (AvgIpc) is 3.24. The van der Waals surface area contributed by atoms with Crippen LogP contribution >= 0.6 is 0 Å². The molecule has 0 radical (unpaired) electrons. The van der Waals surface area contributed by atoms with Crippen LogP contribution in [0.1, 0.15) is 116 Å². The van der Waals surface area contributed by atoms with Crippen molar-refractivity contribution in [1.82, 2.24) is 5.32 Å². The van der Waals surface area contributed by atoms with Gasteiger partial charge in [0.05, 0.1) is 47.7 Å². The van der Waals surface area contributed by atoms with Crippen molar-refractivity contribution < 1.29 is 62.2 Å². The van der Waals surface area contributed by atoms with Gasteiger partial charge < -0.3 is 20.5 Å². The van der Waals surface area contributed by atoms with Gasteiger partial charge in [0.25, 0.3) is 0 Å². The van der Waals surface area contributed by atoms with Gasteiger partial charge in [0.1, 0.15) is 0 Å². The van der Waals surface area contributed by atoms with E-state index in [-0.39, 0.29) is 42.0 Å². The molecule has 2 aliphatic rings. The van der Waals surface area contributed by atoms with Gasteiger partial charge in [-0.2, -0.15) is 52.7 Å². The van der Waals surface area contributed by atoms with Gasteiger partial charge in [-0.15, -0.1) is 0 Å². The molecule has 3 N–H and O–H groups in total.